The van der Waals surface area contributed by atoms with Crippen LogP contribution in [0, 0.1) is 12.7 Å². The Balaban J connectivity index is 1.57. The summed E-state index contributed by atoms with van der Waals surface area (Å²) in [4.78, 5) is 18.2. The number of aromatic nitrogens is 3. The van der Waals surface area contributed by atoms with Gasteiger partial charge < -0.3 is 5.32 Å². The molecule has 0 aliphatic rings. The molecular formula is C28H23FN4O. The van der Waals surface area contributed by atoms with Gasteiger partial charge in [0.05, 0.1) is 34.4 Å². The van der Waals surface area contributed by atoms with Gasteiger partial charge in [-0.05, 0) is 67.4 Å². The Hall–Kier alpha value is -4.32. The summed E-state index contributed by atoms with van der Waals surface area (Å²) in [5.74, 6) is -0.498. The van der Waals surface area contributed by atoms with Crippen molar-refractivity contribution in [1.29, 1.82) is 0 Å². The van der Waals surface area contributed by atoms with E-state index in [1.165, 1.54) is 12.1 Å². The van der Waals surface area contributed by atoms with Crippen molar-refractivity contribution in [3.05, 3.63) is 108 Å². The SMILES string of the molecule is CCc1cccc(NC(=O)c2cc(-c3cnn(-c4ccc(F)cc4)c3C)nc3ccccc23)c1. The molecule has 0 bridgehead atoms. The number of carbonyl (C=O) groups is 1. The Morgan fingerprint density at radius 3 is 2.59 bits per heavy atom. The number of pyridine rings is 1. The van der Waals surface area contributed by atoms with E-state index in [2.05, 4.69) is 17.3 Å². The summed E-state index contributed by atoms with van der Waals surface area (Å²) < 4.78 is 15.1. The van der Waals surface area contributed by atoms with E-state index < -0.39 is 0 Å². The van der Waals surface area contributed by atoms with E-state index in [1.807, 2.05) is 55.5 Å². The third-order valence-corrected chi connectivity index (χ3v) is 5.91. The lowest BCUT2D eigenvalue weighted by Gasteiger charge is -2.11. The number of benzene rings is 3. The monoisotopic (exact) mass is 450 g/mol. The molecule has 34 heavy (non-hydrogen) atoms. The van der Waals surface area contributed by atoms with Crippen LogP contribution in [0.3, 0.4) is 0 Å². The van der Waals surface area contributed by atoms with Gasteiger partial charge in [-0.15, -0.1) is 0 Å². The van der Waals surface area contributed by atoms with E-state index in [-0.39, 0.29) is 11.7 Å². The first-order valence-corrected chi connectivity index (χ1v) is 11.1. The van der Waals surface area contributed by atoms with Crippen LogP contribution in [0.2, 0.25) is 0 Å². The Kier molecular flexibility index (Phi) is 5.64. The first-order valence-electron chi connectivity index (χ1n) is 11.1. The van der Waals surface area contributed by atoms with E-state index >= 15 is 0 Å². The van der Waals surface area contributed by atoms with E-state index in [4.69, 9.17) is 4.98 Å². The molecule has 2 aromatic heterocycles. The van der Waals surface area contributed by atoms with Crippen LogP contribution < -0.4 is 5.32 Å². The fraction of sp³-hybridized carbons (Fsp3) is 0.107. The number of fused-ring (bicyclic) bond motifs is 1. The molecule has 0 saturated heterocycles. The molecule has 5 aromatic rings. The van der Waals surface area contributed by atoms with Crippen molar-refractivity contribution < 1.29 is 9.18 Å². The molecular weight excluding hydrogens is 427 g/mol. The molecule has 0 radical (unpaired) electrons. The molecule has 0 spiro atoms. The first-order chi connectivity index (χ1) is 16.5. The van der Waals surface area contributed by atoms with Gasteiger partial charge in [0.1, 0.15) is 5.82 Å². The highest BCUT2D eigenvalue weighted by Gasteiger charge is 2.17. The van der Waals surface area contributed by atoms with Crippen LogP contribution in [0.15, 0.2) is 85.1 Å². The molecule has 5 nitrogen and oxygen atoms in total. The van der Waals surface area contributed by atoms with E-state index in [1.54, 1.807) is 29.1 Å². The fourth-order valence-electron chi connectivity index (χ4n) is 4.07. The van der Waals surface area contributed by atoms with Crippen molar-refractivity contribution in [2.75, 3.05) is 5.32 Å². The van der Waals surface area contributed by atoms with Crippen LogP contribution in [-0.2, 0) is 6.42 Å². The molecule has 1 amide bonds. The van der Waals surface area contributed by atoms with Crippen molar-refractivity contribution in [1.82, 2.24) is 14.8 Å². The lowest BCUT2D eigenvalue weighted by atomic mass is 10.0. The maximum atomic E-state index is 13.4. The molecule has 0 saturated carbocycles. The van der Waals surface area contributed by atoms with Crippen LogP contribution in [0.5, 0.6) is 0 Å². The van der Waals surface area contributed by atoms with Crippen molar-refractivity contribution in [3.8, 4) is 16.9 Å². The van der Waals surface area contributed by atoms with Crippen molar-refractivity contribution in [2.24, 2.45) is 0 Å². The van der Waals surface area contributed by atoms with E-state index in [0.717, 1.165) is 45.5 Å². The third-order valence-electron chi connectivity index (χ3n) is 5.91. The number of hydrogen-bond donors (Lipinski definition) is 1. The number of anilines is 1. The maximum absolute atomic E-state index is 13.4. The van der Waals surface area contributed by atoms with E-state index in [9.17, 15) is 9.18 Å². The second kappa shape index (κ2) is 8.90. The molecule has 2 heterocycles. The van der Waals surface area contributed by atoms with Crippen molar-refractivity contribution in [3.63, 3.8) is 0 Å². The van der Waals surface area contributed by atoms with Gasteiger partial charge in [0, 0.05) is 16.6 Å². The minimum atomic E-state index is -0.301. The summed E-state index contributed by atoms with van der Waals surface area (Å²) in [5, 5.41) is 8.30. The van der Waals surface area contributed by atoms with Gasteiger partial charge in [-0.1, -0.05) is 37.3 Å². The molecule has 6 heteroatoms. The average Bonchev–Trinajstić information content (AvgIpc) is 3.25. The molecule has 3 aromatic carbocycles. The predicted octanol–water partition coefficient (Wildman–Crippen LogP) is 6.35. The highest BCUT2D eigenvalue weighted by molar-refractivity contribution is 6.13. The molecule has 0 unspecified atom stereocenters. The lowest BCUT2D eigenvalue weighted by molar-refractivity contribution is 0.102. The average molecular weight is 451 g/mol. The van der Waals surface area contributed by atoms with Gasteiger partial charge in [-0.2, -0.15) is 5.10 Å². The second-order valence-electron chi connectivity index (χ2n) is 8.11. The second-order valence-corrected chi connectivity index (χ2v) is 8.11. The van der Waals surface area contributed by atoms with Gasteiger partial charge in [-0.25, -0.2) is 14.1 Å². The van der Waals surface area contributed by atoms with Crippen LogP contribution in [0.1, 0.15) is 28.5 Å². The summed E-state index contributed by atoms with van der Waals surface area (Å²) in [6.45, 7) is 4.01. The largest absolute Gasteiger partial charge is 0.322 e. The highest BCUT2D eigenvalue weighted by atomic mass is 19.1. The standard InChI is InChI=1S/C28H23FN4O/c1-3-19-7-6-8-21(15-19)31-28(34)24-16-27(32-26-10-5-4-9-23(24)26)25-17-30-33(18(25)2)22-13-11-20(29)12-14-22/h4-17H,3H2,1-2H3,(H,31,34). The van der Waals surface area contributed by atoms with Crippen LogP contribution in [-0.4, -0.2) is 20.7 Å². The smallest absolute Gasteiger partial charge is 0.256 e. The number of nitrogens with zero attached hydrogens (tertiary/aromatic N) is 3. The number of hydrogen-bond acceptors (Lipinski definition) is 3. The summed E-state index contributed by atoms with van der Waals surface area (Å²) in [6, 6.07) is 23.4. The number of para-hydroxylation sites is 1. The topological polar surface area (TPSA) is 59.8 Å². The zero-order valence-corrected chi connectivity index (χ0v) is 18.9. The minimum absolute atomic E-state index is 0.198. The number of aryl methyl sites for hydroxylation is 1. The van der Waals surface area contributed by atoms with Crippen LogP contribution in [0.4, 0.5) is 10.1 Å². The predicted molar refractivity (Wildman–Crippen MR) is 133 cm³/mol. The van der Waals surface area contributed by atoms with Crippen molar-refractivity contribution >= 4 is 22.5 Å². The van der Waals surface area contributed by atoms with Gasteiger partial charge in [0.25, 0.3) is 5.91 Å². The summed E-state index contributed by atoms with van der Waals surface area (Å²) in [6.07, 6.45) is 2.62. The van der Waals surface area contributed by atoms with Gasteiger partial charge in [0.15, 0.2) is 0 Å². The molecule has 0 aliphatic heterocycles. The number of halogens is 1. The quantitative estimate of drug-likeness (QED) is 0.339. The summed E-state index contributed by atoms with van der Waals surface area (Å²) in [7, 11) is 0. The van der Waals surface area contributed by atoms with Crippen LogP contribution >= 0.6 is 0 Å². The fourth-order valence-corrected chi connectivity index (χ4v) is 4.07. The zero-order chi connectivity index (χ0) is 23.7. The van der Waals surface area contributed by atoms with Gasteiger partial charge >= 0.3 is 0 Å². The Morgan fingerprint density at radius 1 is 1.00 bits per heavy atom. The number of carbonyl (C=O) groups excluding carboxylic acids is 1. The Morgan fingerprint density at radius 2 is 1.79 bits per heavy atom. The maximum Gasteiger partial charge on any atom is 0.256 e. The molecule has 0 atom stereocenters. The minimum Gasteiger partial charge on any atom is -0.322 e. The van der Waals surface area contributed by atoms with Crippen molar-refractivity contribution in [2.45, 2.75) is 20.3 Å². The normalized spacial score (nSPS) is 11.0. The first kappa shape index (κ1) is 21.5. The summed E-state index contributed by atoms with van der Waals surface area (Å²) in [5.41, 5.74) is 6.22. The van der Waals surface area contributed by atoms with E-state index in [0.29, 0.717) is 11.3 Å². The van der Waals surface area contributed by atoms with Gasteiger partial charge in [0.2, 0.25) is 0 Å². The molecule has 1 N–H and O–H groups in total. The zero-order valence-electron chi connectivity index (χ0n) is 18.9. The number of rotatable bonds is 5. The molecule has 0 aliphatic carbocycles. The number of nitrogens with one attached hydrogen (secondary N) is 1. The number of amides is 1. The Labute approximate surface area is 196 Å². The summed E-state index contributed by atoms with van der Waals surface area (Å²) >= 11 is 0. The Bertz CT molecular complexity index is 1510. The molecule has 0 fully saturated rings. The molecule has 168 valence electrons. The van der Waals surface area contributed by atoms with Crippen LogP contribution in [0.25, 0.3) is 27.8 Å². The third kappa shape index (κ3) is 4.06. The lowest BCUT2D eigenvalue weighted by Crippen LogP contribution is -2.13. The van der Waals surface area contributed by atoms with Gasteiger partial charge in [-0.3, -0.25) is 4.79 Å². The molecule has 5 rings (SSSR count). The highest BCUT2D eigenvalue weighted by Crippen LogP contribution is 2.29.